The Morgan fingerprint density at radius 1 is 1.18 bits per heavy atom. The van der Waals surface area contributed by atoms with Gasteiger partial charge in [-0.05, 0) is 17.9 Å². The van der Waals surface area contributed by atoms with Crippen molar-refractivity contribution < 1.29 is 4.74 Å². The summed E-state index contributed by atoms with van der Waals surface area (Å²) in [7, 11) is 3.53. The van der Waals surface area contributed by atoms with Gasteiger partial charge in [-0.2, -0.15) is 0 Å². The highest BCUT2D eigenvalue weighted by atomic mass is 127. The molecule has 0 radical (unpaired) electrons. The van der Waals surface area contributed by atoms with Crippen molar-refractivity contribution in [3.63, 3.8) is 0 Å². The van der Waals surface area contributed by atoms with E-state index in [0.717, 1.165) is 32.1 Å². The standard InChI is InChI=1S/C17H29N3O.HI/c1-14(2)16(15-9-6-5-7-10-15)13-20-17(18-3)19-11-8-12-21-4;/h5-7,9-10,14,16H,8,11-13H2,1-4H3,(H2,18,19,20);1H. The topological polar surface area (TPSA) is 45.7 Å². The van der Waals surface area contributed by atoms with Gasteiger partial charge in [0.05, 0.1) is 0 Å². The number of benzene rings is 1. The first-order valence-electron chi connectivity index (χ1n) is 7.67. The molecule has 5 heteroatoms. The SMILES string of the molecule is CN=C(NCCCOC)NCC(c1ccccc1)C(C)C.I. The number of hydrogen-bond donors (Lipinski definition) is 2. The minimum absolute atomic E-state index is 0. The van der Waals surface area contributed by atoms with Crippen molar-refractivity contribution in [1.82, 2.24) is 10.6 Å². The van der Waals surface area contributed by atoms with Gasteiger partial charge in [0, 0.05) is 39.8 Å². The van der Waals surface area contributed by atoms with E-state index in [1.807, 2.05) is 0 Å². The third kappa shape index (κ3) is 7.98. The molecule has 0 saturated carbocycles. The van der Waals surface area contributed by atoms with Crippen molar-refractivity contribution in [2.75, 3.05) is 33.9 Å². The third-order valence-electron chi connectivity index (χ3n) is 3.56. The van der Waals surface area contributed by atoms with Crippen molar-refractivity contribution in [1.29, 1.82) is 0 Å². The highest BCUT2D eigenvalue weighted by molar-refractivity contribution is 14.0. The first-order chi connectivity index (χ1) is 10.2. The second kappa shape index (κ2) is 12.7. The maximum absolute atomic E-state index is 5.04. The zero-order valence-corrected chi connectivity index (χ0v) is 16.5. The van der Waals surface area contributed by atoms with E-state index in [0.29, 0.717) is 11.8 Å². The van der Waals surface area contributed by atoms with Crippen LogP contribution in [0.1, 0.15) is 31.7 Å². The predicted octanol–water partition coefficient (Wildman–Crippen LogP) is 3.25. The van der Waals surface area contributed by atoms with E-state index in [1.54, 1.807) is 14.2 Å². The van der Waals surface area contributed by atoms with Gasteiger partial charge in [0.25, 0.3) is 0 Å². The number of halogens is 1. The Morgan fingerprint density at radius 2 is 1.86 bits per heavy atom. The van der Waals surface area contributed by atoms with Gasteiger partial charge in [-0.15, -0.1) is 24.0 Å². The van der Waals surface area contributed by atoms with Gasteiger partial charge in [0.1, 0.15) is 0 Å². The van der Waals surface area contributed by atoms with Gasteiger partial charge < -0.3 is 15.4 Å². The zero-order chi connectivity index (χ0) is 15.5. The molecule has 22 heavy (non-hydrogen) atoms. The monoisotopic (exact) mass is 419 g/mol. The smallest absolute Gasteiger partial charge is 0.190 e. The molecule has 0 amide bonds. The molecule has 0 aromatic heterocycles. The summed E-state index contributed by atoms with van der Waals surface area (Å²) in [5, 5.41) is 6.73. The molecule has 1 rings (SSSR count). The molecule has 0 heterocycles. The second-order valence-corrected chi connectivity index (χ2v) is 5.49. The molecule has 0 bridgehead atoms. The molecule has 0 aliphatic carbocycles. The Labute approximate surface area is 152 Å². The highest BCUT2D eigenvalue weighted by Crippen LogP contribution is 2.23. The molecule has 0 aliphatic heterocycles. The Balaban J connectivity index is 0.00000441. The minimum Gasteiger partial charge on any atom is -0.385 e. The molecule has 0 saturated heterocycles. The lowest BCUT2D eigenvalue weighted by Crippen LogP contribution is -2.40. The molecule has 126 valence electrons. The maximum Gasteiger partial charge on any atom is 0.190 e. The third-order valence-corrected chi connectivity index (χ3v) is 3.56. The van der Waals surface area contributed by atoms with Crippen molar-refractivity contribution in [2.45, 2.75) is 26.2 Å². The molecular weight excluding hydrogens is 389 g/mol. The van der Waals surface area contributed by atoms with Crippen LogP contribution in [0.3, 0.4) is 0 Å². The normalized spacial score (nSPS) is 12.7. The first kappa shape index (κ1) is 21.2. The maximum atomic E-state index is 5.04. The molecule has 1 aromatic carbocycles. The van der Waals surface area contributed by atoms with Gasteiger partial charge in [-0.3, -0.25) is 4.99 Å². The number of nitrogens with one attached hydrogen (secondary N) is 2. The zero-order valence-electron chi connectivity index (χ0n) is 14.1. The lowest BCUT2D eigenvalue weighted by Gasteiger charge is -2.23. The molecule has 1 atom stereocenters. The minimum atomic E-state index is 0. The van der Waals surface area contributed by atoms with Crippen LogP contribution in [0.4, 0.5) is 0 Å². The molecule has 0 spiro atoms. The molecule has 2 N–H and O–H groups in total. The fraction of sp³-hybridized carbons (Fsp3) is 0.588. The Hall–Kier alpha value is -0.820. The van der Waals surface area contributed by atoms with Crippen molar-refractivity contribution >= 4 is 29.9 Å². The molecular formula is C17H30IN3O. The number of methoxy groups -OCH3 is 1. The van der Waals surface area contributed by atoms with E-state index in [1.165, 1.54) is 5.56 Å². The van der Waals surface area contributed by atoms with Gasteiger partial charge in [-0.25, -0.2) is 0 Å². The number of nitrogens with zero attached hydrogens (tertiary/aromatic N) is 1. The Bertz CT molecular complexity index is 410. The number of rotatable bonds is 8. The lowest BCUT2D eigenvalue weighted by molar-refractivity contribution is 0.195. The summed E-state index contributed by atoms with van der Waals surface area (Å²) in [4.78, 5) is 4.26. The van der Waals surface area contributed by atoms with Crippen molar-refractivity contribution in [2.24, 2.45) is 10.9 Å². The average molecular weight is 419 g/mol. The number of guanidine groups is 1. The summed E-state index contributed by atoms with van der Waals surface area (Å²) >= 11 is 0. The number of ether oxygens (including phenoxy) is 1. The average Bonchev–Trinajstić information content (AvgIpc) is 2.50. The quantitative estimate of drug-likeness (QED) is 0.294. The van der Waals surface area contributed by atoms with Crippen LogP contribution in [0.5, 0.6) is 0 Å². The van der Waals surface area contributed by atoms with Gasteiger partial charge in [0.15, 0.2) is 5.96 Å². The summed E-state index contributed by atoms with van der Waals surface area (Å²) in [6, 6.07) is 10.7. The summed E-state index contributed by atoms with van der Waals surface area (Å²) in [5.74, 6) is 1.91. The van der Waals surface area contributed by atoms with E-state index >= 15 is 0 Å². The largest absolute Gasteiger partial charge is 0.385 e. The van der Waals surface area contributed by atoms with Crippen molar-refractivity contribution in [3.8, 4) is 0 Å². The summed E-state index contributed by atoms with van der Waals surface area (Å²) in [5.41, 5.74) is 1.37. The summed E-state index contributed by atoms with van der Waals surface area (Å²) in [6.07, 6.45) is 0.976. The number of hydrogen-bond acceptors (Lipinski definition) is 2. The van der Waals surface area contributed by atoms with Crippen molar-refractivity contribution in [3.05, 3.63) is 35.9 Å². The molecule has 1 aromatic rings. The molecule has 0 fully saturated rings. The molecule has 4 nitrogen and oxygen atoms in total. The fourth-order valence-electron chi connectivity index (χ4n) is 2.29. The van der Waals surface area contributed by atoms with Crippen LogP contribution in [0, 0.1) is 5.92 Å². The molecule has 0 aliphatic rings. The van der Waals surface area contributed by atoms with Crippen LogP contribution in [0.2, 0.25) is 0 Å². The molecule has 1 unspecified atom stereocenters. The van der Waals surface area contributed by atoms with Crippen LogP contribution < -0.4 is 10.6 Å². The number of aliphatic imine (C=N–C) groups is 1. The lowest BCUT2D eigenvalue weighted by atomic mass is 9.88. The van der Waals surface area contributed by atoms with E-state index < -0.39 is 0 Å². The van der Waals surface area contributed by atoms with Gasteiger partial charge in [0.2, 0.25) is 0 Å². The summed E-state index contributed by atoms with van der Waals surface area (Å²) < 4.78 is 5.04. The Kier molecular flexibility index (Phi) is 12.2. The van der Waals surface area contributed by atoms with E-state index in [4.69, 9.17) is 4.74 Å². The van der Waals surface area contributed by atoms with Crippen LogP contribution in [0.25, 0.3) is 0 Å². The fourth-order valence-corrected chi connectivity index (χ4v) is 2.29. The van der Waals surface area contributed by atoms with E-state index in [-0.39, 0.29) is 24.0 Å². The predicted molar refractivity (Wildman–Crippen MR) is 105 cm³/mol. The van der Waals surface area contributed by atoms with Gasteiger partial charge >= 0.3 is 0 Å². The summed E-state index contributed by atoms with van der Waals surface area (Å²) in [6.45, 7) is 7.03. The van der Waals surface area contributed by atoms with Crippen LogP contribution in [-0.4, -0.2) is 39.8 Å². The van der Waals surface area contributed by atoms with Crippen LogP contribution in [-0.2, 0) is 4.74 Å². The Morgan fingerprint density at radius 3 is 2.41 bits per heavy atom. The van der Waals surface area contributed by atoms with Gasteiger partial charge in [-0.1, -0.05) is 44.2 Å². The van der Waals surface area contributed by atoms with Crippen LogP contribution >= 0.6 is 24.0 Å². The highest BCUT2D eigenvalue weighted by Gasteiger charge is 2.15. The van der Waals surface area contributed by atoms with E-state index in [2.05, 4.69) is 59.8 Å². The van der Waals surface area contributed by atoms with Crippen LogP contribution in [0.15, 0.2) is 35.3 Å². The van der Waals surface area contributed by atoms with E-state index in [9.17, 15) is 0 Å². The first-order valence-corrected chi connectivity index (χ1v) is 7.67. The second-order valence-electron chi connectivity index (χ2n) is 5.49.